The molecule has 1 atom stereocenters. The highest BCUT2D eigenvalue weighted by Crippen LogP contribution is 2.30. The van der Waals surface area contributed by atoms with Crippen molar-refractivity contribution in [3.63, 3.8) is 0 Å². The smallest absolute Gasteiger partial charge is 0.227 e. The summed E-state index contributed by atoms with van der Waals surface area (Å²) >= 11 is 0. The molecule has 2 aliphatic heterocycles. The highest BCUT2D eigenvalue weighted by molar-refractivity contribution is 5.84. The summed E-state index contributed by atoms with van der Waals surface area (Å²) in [5, 5.41) is 2.78. The molecule has 4 heteroatoms. The van der Waals surface area contributed by atoms with E-state index < -0.39 is 0 Å². The quantitative estimate of drug-likeness (QED) is 0.720. The fourth-order valence-electron chi connectivity index (χ4n) is 2.68. The zero-order valence-electron chi connectivity index (χ0n) is 10.1. The van der Waals surface area contributed by atoms with E-state index >= 15 is 0 Å². The van der Waals surface area contributed by atoms with Crippen molar-refractivity contribution in [1.82, 2.24) is 10.2 Å². The van der Waals surface area contributed by atoms with Crippen LogP contribution < -0.4 is 5.32 Å². The van der Waals surface area contributed by atoms with Gasteiger partial charge < -0.3 is 10.2 Å². The standard InChI is InChI=1S/C12H20N2O2/c1-12(2)6-3-7-14(12)11(16)9-4-5-10(15)13-8-9/h9H,3-8H2,1-2H3,(H,13,15). The molecule has 0 aromatic rings. The van der Waals surface area contributed by atoms with Crippen molar-refractivity contribution in [1.29, 1.82) is 0 Å². The van der Waals surface area contributed by atoms with E-state index in [0.29, 0.717) is 19.4 Å². The SMILES string of the molecule is CC1(C)CCCN1C(=O)C1CCC(=O)NC1. The van der Waals surface area contributed by atoms with Crippen LogP contribution in [0.5, 0.6) is 0 Å². The summed E-state index contributed by atoms with van der Waals surface area (Å²) in [7, 11) is 0. The molecule has 2 rings (SSSR count). The van der Waals surface area contributed by atoms with Crippen molar-refractivity contribution >= 4 is 11.8 Å². The normalized spacial score (nSPS) is 29.0. The maximum absolute atomic E-state index is 12.3. The number of carbonyl (C=O) groups excluding carboxylic acids is 2. The summed E-state index contributed by atoms with van der Waals surface area (Å²) in [6.07, 6.45) is 3.37. The van der Waals surface area contributed by atoms with Crippen LogP contribution in [0.25, 0.3) is 0 Å². The molecule has 0 aromatic carbocycles. The summed E-state index contributed by atoms with van der Waals surface area (Å²) in [6, 6.07) is 0. The van der Waals surface area contributed by atoms with Gasteiger partial charge in [0.2, 0.25) is 11.8 Å². The first-order valence-corrected chi connectivity index (χ1v) is 6.09. The minimum Gasteiger partial charge on any atom is -0.355 e. The highest BCUT2D eigenvalue weighted by Gasteiger charge is 2.38. The van der Waals surface area contributed by atoms with Crippen molar-refractivity contribution in [3.8, 4) is 0 Å². The van der Waals surface area contributed by atoms with Crippen LogP contribution >= 0.6 is 0 Å². The van der Waals surface area contributed by atoms with Crippen molar-refractivity contribution in [2.75, 3.05) is 13.1 Å². The summed E-state index contributed by atoms with van der Waals surface area (Å²) in [5.74, 6) is 0.294. The molecular formula is C12H20N2O2. The third kappa shape index (κ3) is 2.06. The predicted octanol–water partition coefficient (Wildman–Crippen LogP) is 0.914. The van der Waals surface area contributed by atoms with Gasteiger partial charge in [0.05, 0.1) is 5.92 Å². The van der Waals surface area contributed by atoms with Gasteiger partial charge in [-0.25, -0.2) is 0 Å². The van der Waals surface area contributed by atoms with Crippen LogP contribution in [-0.4, -0.2) is 35.3 Å². The van der Waals surface area contributed by atoms with Gasteiger partial charge in [-0.1, -0.05) is 0 Å². The van der Waals surface area contributed by atoms with E-state index in [1.54, 1.807) is 0 Å². The first-order chi connectivity index (χ1) is 7.50. The average molecular weight is 224 g/mol. The first kappa shape index (κ1) is 11.4. The Bertz CT molecular complexity index is 302. The second-order valence-corrected chi connectivity index (χ2v) is 5.45. The van der Waals surface area contributed by atoms with Crippen molar-refractivity contribution < 1.29 is 9.59 Å². The molecular weight excluding hydrogens is 204 g/mol. The molecule has 2 aliphatic rings. The molecule has 1 N–H and O–H groups in total. The van der Waals surface area contributed by atoms with E-state index in [-0.39, 0.29) is 23.3 Å². The van der Waals surface area contributed by atoms with E-state index in [9.17, 15) is 9.59 Å². The molecule has 16 heavy (non-hydrogen) atoms. The molecule has 0 radical (unpaired) electrons. The maximum atomic E-state index is 12.3. The zero-order chi connectivity index (χ0) is 11.8. The van der Waals surface area contributed by atoms with Crippen LogP contribution in [0.15, 0.2) is 0 Å². The van der Waals surface area contributed by atoms with Gasteiger partial charge in [-0.05, 0) is 33.1 Å². The van der Waals surface area contributed by atoms with Gasteiger partial charge in [-0.3, -0.25) is 9.59 Å². The van der Waals surface area contributed by atoms with Gasteiger partial charge in [-0.15, -0.1) is 0 Å². The highest BCUT2D eigenvalue weighted by atomic mass is 16.2. The third-order valence-corrected chi connectivity index (χ3v) is 3.78. The summed E-state index contributed by atoms with van der Waals surface area (Å²) in [6.45, 7) is 5.64. The summed E-state index contributed by atoms with van der Waals surface area (Å²) < 4.78 is 0. The Morgan fingerprint density at radius 3 is 2.75 bits per heavy atom. The Morgan fingerprint density at radius 2 is 2.25 bits per heavy atom. The molecule has 90 valence electrons. The fourth-order valence-corrected chi connectivity index (χ4v) is 2.68. The second kappa shape index (κ2) is 4.07. The molecule has 0 aliphatic carbocycles. The Labute approximate surface area is 96.4 Å². The Balaban J connectivity index is 1.99. The Hall–Kier alpha value is -1.06. The topological polar surface area (TPSA) is 49.4 Å². The van der Waals surface area contributed by atoms with E-state index in [1.165, 1.54) is 0 Å². The minimum atomic E-state index is -0.00456. The van der Waals surface area contributed by atoms with Crippen molar-refractivity contribution in [3.05, 3.63) is 0 Å². The zero-order valence-corrected chi connectivity index (χ0v) is 10.1. The van der Waals surface area contributed by atoms with Crippen LogP contribution in [0.2, 0.25) is 0 Å². The van der Waals surface area contributed by atoms with Gasteiger partial charge in [0, 0.05) is 25.0 Å². The molecule has 0 saturated carbocycles. The predicted molar refractivity (Wildman–Crippen MR) is 60.8 cm³/mol. The van der Waals surface area contributed by atoms with E-state index in [2.05, 4.69) is 19.2 Å². The lowest BCUT2D eigenvalue weighted by Crippen LogP contribution is -2.49. The summed E-state index contributed by atoms with van der Waals surface area (Å²) in [4.78, 5) is 25.3. The van der Waals surface area contributed by atoms with Gasteiger partial charge >= 0.3 is 0 Å². The van der Waals surface area contributed by atoms with Crippen LogP contribution in [0, 0.1) is 5.92 Å². The third-order valence-electron chi connectivity index (χ3n) is 3.78. The molecule has 4 nitrogen and oxygen atoms in total. The molecule has 2 fully saturated rings. The number of nitrogens with one attached hydrogen (secondary N) is 1. The lowest BCUT2D eigenvalue weighted by Gasteiger charge is -2.35. The van der Waals surface area contributed by atoms with Gasteiger partial charge in [0.1, 0.15) is 0 Å². The van der Waals surface area contributed by atoms with E-state index in [4.69, 9.17) is 0 Å². The molecule has 2 amide bonds. The van der Waals surface area contributed by atoms with E-state index in [1.807, 2.05) is 4.90 Å². The molecule has 1 unspecified atom stereocenters. The first-order valence-electron chi connectivity index (χ1n) is 6.09. The van der Waals surface area contributed by atoms with Crippen molar-refractivity contribution in [2.45, 2.75) is 45.1 Å². The number of carbonyl (C=O) groups is 2. The van der Waals surface area contributed by atoms with Crippen molar-refractivity contribution in [2.24, 2.45) is 5.92 Å². The minimum absolute atomic E-state index is 0.00145. The maximum Gasteiger partial charge on any atom is 0.227 e. The van der Waals surface area contributed by atoms with Gasteiger partial charge in [0.25, 0.3) is 0 Å². The number of hydrogen-bond acceptors (Lipinski definition) is 2. The number of rotatable bonds is 1. The molecule has 0 spiro atoms. The second-order valence-electron chi connectivity index (χ2n) is 5.45. The molecule has 0 bridgehead atoms. The lowest BCUT2D eigenvalue weighted by atomic mass is 9.95. The number of piperidine rings is 1. The number of nitrogens with zero attached hydrogens (tertiary/aromatic N) is 1. The molecule has 2 heterocycles. The Morgan fingerprint density at radius 1 is 1.50 bits per heavy atom. The number of likely N-dealkylation sites (tertiary alicyclic amines) is 1. The van der Waals surface area contributed by atoms with Gasteiger partial charge in [0.15, 0.2) is 0 Å². The average Bonchev–Trinajstić information content (AvgIpc) is 2.58. The lowest BCUT2D eigenvalue weighted by molar-refractivity contribution is -0.140. The largest absolute Gasteiger partial charge is 0.355 e. The Kier molecular flexibility index (Phi) is 2.91. The van der Waals surface area contributed by atoms with E-state index in [0.717, 1.165) is 19.4 Å². The summed E-state index contributed by atoms with van der Waals surface area (Å²) in [5.41, 5.74) is -0.00145. The van der Waals surface area contributed by atoms with Gasteiger partial charge in [-0.2, -0.15) is 0 Å². The fraction of sp³-hybridized carbons (Fsp3) is 0.833. The molecule has 0 aromatic heterocycles. The number of amides is 2. The molecule has 2 saturated heterocycles. The van der Waals surface area contributed by atoms with Crippen LogP contribution in [0.3, 0.4) is 0 Å². The van der Waals surface area contributed by atoms with Crippen LogP contribution in [0.1, 0.15) is 39.5 Å². The van der Waals surface area contributed by atoms with Crippen LogP contribution in [-0.2, 0) is 9.59 Å². The number of hydrogen-bond donors (Lipinski definition) is 1. The monoisotopic (exact) mass is 224 g/mol. The van der Waals surface area contributed by atoms with Crippen LogP contribution in [0.4, 0.5) is 0 Å².